The maximum absolute atomic E-state index is 11.9. The summed E-state index contributed by atoms with van der Waals surface area (Å²) >= 11 is 0. The topological polar surface area (TPSA) is 48.6 Å². The Morgan fingerprint density at radius 1 is 1.70 bits per heavy atom. The van der Waals surface area contributed by atoms with E-state index in [9.17, 15) is 4.39 Å². The van der Waals surface area contributed by atoms with Crippen LogP contribution in [-0.4, -0.2) is 24.6 Å². The smallest absolute Gasteiger partial charge is 0.188 e. The minimum Gasteiger partial charge on any atom is -0.307 e. The van der Waals surface area contributed by atoms with Gasteiger partial charge in [-0.25, -0.2) is 14.4 Å². The van der Waals surface area contributed by atoms with E-state index in [2.05, 4.69) is 9.98 Å². The first kappa shape index (κ1) is 8.94. The maximum atomic E-state index is 11.9. The molecule has 3 nitrogen and oxygen atoms in total. The first-order valence-corrected chi connectivity index (χ1v) is 2.87. The van der Waals surface area contributed by atoms with Gasteiger partial charge >= 0.3 is 0 Å². The minimum atomic E-state index is -1.22. The van der Waals surface area contributed by atoms with Gasteiger partial charge in [-0.05, 0) is 13.8 Å². The second-order valence-electron chi connectivity index (χ2n) is 1.75. The molecule has 0 heterocycles. The van der Waals surface area contributed by atoms with E-state index in [0.717, 1.165) is 12.6 Å². The van der Waals surface area contributed by atoms with E-state index in [1.807, 2.05) is 0 Å². The number of hydrogen-bond donors (Lipinski definition) is 1. The van der Waals surface area contributed by atoms with Crippen LogP contribution >= 0.6 is 0 Å². The molecule has 0 fully saturated rings. The summed E-state index contributed by atoms with van der Waals surface area (Å²) in [6.45, 7) is 2.95. The number of halogens is 1. The minimum absolute atomic E-state index is 0.504. The van der Waals surface area contributed by atoms with Crippen molar-refractivity contribution in [3.8, 4) is 0 Å². The lowest BCUT2D eigenvalue weighted by molar-refractivity contribution is 0.377. The summed E-state index contributed by atoms with van der Waals surface area (Å²) < 4.78 is 11.9. The van der Waals surface area contributed by atoms with Gasteiger partial charge in [0.1, 0.15) is 6.34 Å². The number of aliphatic imine (C=N–C) groups is 2. The number of nitrogens with one attached hydrogen (secondary N) is 1. The molecule has 0 aromatic heterocycles. The first-order chi connectivity index (χ1) is 4.66. The molecule has 0 radical (unpaired) electrons. The average Bonchev–Trinajstić information content (AvgIpc) is 1.87. The highest BCUT2D eigenvalue weighted by Gasteiger charge is 1.85. The Morgan fingerprint density at radius 3 is 2.70 bits per heavy atom. The van der Waals surface area contributed by atoms with Crippen LogP contribution in [0.3, 0.4) is 0 Å². The van der Waals surface area contributed by atoms with Gasteiger partial charge in [0, 0.05) is 6.21 Å². The summed E-state index contributed by atoms with van der Waals surface area (Å²) in [5.74, 6) is 0. The quantitative estimate of drug-likeness (QED) is 0.353. The highest BCUT2D eigenvalue weighted by Crippen LogP contribution is 1.86. The molecule has 0 aromatic carbocycles. The van der Waals surface area contributed by atoms with Crippen LogP contribution in [0.2, 0.25) is 0 Å². The molecule has 56 valence electrons. The lowest BCUT2D eigenvalue weighted by Gasteiger charge is -1.87. The lowest BCUT2D eigenvalue weighted by Crippen LogP contribution is -1.92. The van der Waals surface area contributed by atoms with Gasteiger partial charge in [0.15, 0.2) is 6.30 Å². The van der Waals surface area contributed by atoms with E-state index in [4.69, 9.17) is 5.41 Å². The Morgan fingerprint density at radius 2 is 2.30 bits per heavy atom. The molecule has 0 spiro atoms. The summed E-state index contributed by atoms with van der Waals surface area (Å²) in [7, 11) is 0. The predicted octanol–water partition coefficient (Wildman–Crippen LogP) is 1.44. The Balaban J connectivity index is 3.81. The zero-order chi connectivity index (χ0) is 7.98. The Kier molecular flexibility index (Phi) is 4.28. The number of nitrogens with zero attached hydrogens (tertiary/aromatic N) is 2. The lowest BCUT2D eigenvalue weighted by atomic mass is 10.5. The molecule has 1 atom stereocenters. The zero-order valence-electron chi connectivity index (χ0n) is 6.00. The van der Waals surface area contributed by atoms with Crippen LogP contribution in [0, 0.1) is 5.41 Å². The second-order valence-corrected chi connectivity index (χ2v) is 1.75. The van der Waals surface area contributed by atoms with Gasteiger partial charge in [-0.15, -0.1) is 0 Å². The third kappa shape index (κ3) is 5.08. The van der Waals surface area contributed by atoms with E-state index < -0.39 is 6.30 Å². The van der Waals surface area contributed by atoms with E-state index in [1.54, 1.807) is 6.92 Å². The molecule has 0 bridgehead atoms. The summed E-state index contributed by atoms with van der Waals surface area (Å²) in [4.78, 5) is 6.95. The summed E-state index contributed by atoms with van der Waals surface area (Å²) in [6, 6.07) is 0. The van der Waals surface area contributed by atoms with Crippen molar-refractivity contribution in [2.45, 2.75) is 20.1 Å². The molecule has 0 aliphatic heterocycles. The van der Waals surface area contributed by atoms with Crippen molar-refractivity contribution in [1.82, 2.24) is 0 Å². The second kappa shape index (κ2) is 4.78. The standard InChI is InChI=1S/C6H10FN3/c1-5(3-8)9-4-10-6(2)7/h3-4,6,8H,1-2H3/b8-3?,9-5+,10-4-. The van der Waals surface area contributed by atoms with E-state index in [1.165, 1.54) is 6.92 Å². The van der Waals surface area contributed by atoms with Crippen LogP contribution < -0.4 is 0 Å². The third-order valence-corrected chi connectivity index (χ3v) is 0.742. The van der Waals surface area contributed by atoms with Crippen molar-refractivity contribution in [2.75, 3.05) is 0 Å². The Labute approximate surface area is 59.2 Å². The molecule has 0 amide bonds. The molecule has 4 heteroatoms. The summed E-state index contributed by atoms with van der Waals surface area (Å²) in [5.41, 5.74) is 0.504. The molecule has 0 rings (SSSR count). The summed E-state index contributed by atoms with van der Waals surface area (Å²) in [5, 5.41) is 6.68. The molecule has 0 aliphatic carbocycles. The third-order valence-electron chi connectivity index (χ3n) is 0.742. The molecule has 0 saturated heterocycles. The molecule has 1 unspecified atom stereocenters. The fourth-order valence-electron chi connectivity index (χ4n) is 0.254. The van der Waals surface area contributed by atoms with Crippen molar-refractivity contribution in [3.05, 3.63) is 0 Å². The highest BCUT2D eigenvalue weighted by molar-refractivity contribution is 6.29. The van der Waals surface area contributed by atoms with E-state index in [-0.39, 0.29) is 0 Å². The SMILES string of the molecule is C/C(C=N)=N\C=N/C(C)F. The first-order valence-electron chi connectivity index (χ1n) is 2.87. The van der Waals surface area contributed by atoms with Gasteiger partial charge in [0.2, 0.25) is 0 Å². The van der Waals surface area contributed by atoms with Crippen LogP contribution in [0.25, 0.3) is 0 Å². The Hall–Kier alpha value is -1.06. The van der Waals surface area contributed by atoms with Crippen molar-refractivity contribution in [1.29, 1.82) is 5.41 Å². The number of rotatable bonds is 3. The normalized spacial score (nSPS) is 15.7. The largest absolute Gasteiger partial charge is 0.307 e. The summed E-state index contributed by atoms with van der Waals surface area (Å²) in [6.07, 6.45) is 0.974. The van der Waals surface area contributed by atoms with E-state index >= 15 is 0 Å². The van der Waals surface area contributed by atoms with Crippen LogP contribution in [0.4, 0.5) is 4.39 Å². The predicted molar refractivity (Wildman–Crippen MR) is 41.0 cm³/mol. The van der Waals surface area contributed by atoms with Gasteiger partial charge in [-0.3, -0.25) is 0 Å². The van der Waals surface area contributed by atoms with Gasteiger partial charge in [-0.2, -0.15) is 0 Å². The fourth-order valence-corrected chi connectivity index (χ4v) is 0.254. The van der Waals surface area contributed by atoms with Crippen LogP contribution in [0.1, 0.15) is 13.8 Å². The van der Waals surface area contributed by atoms with Gasteiger partial charge in [-0.1, -0.05) is 0 Å². The molecule has 10 heavy (non-hydrogen) atoms. The molecule has 0 aromatic rings. The monoisotopic (exact) mass is 143 g/mol. The highest BCUT2D eigenvalue weighted by atomic mass is 19.1. The average molecular weight is 143 g/mol. The molecule has 1 N–H and O–H groups in total. The van der Waals surface area contributed by atoms with Crippen molar-refractivity contribution in [2.24, 2.45) is 9.98 Å². The van der Waals surface area contributed by atoms with Crippen LogP contribution in [0.15, 0.2) is 9.98 Å². The van der Waals surface area contributed by atoms with Gasteiger partial charge in [0.05, 0.1) is 5.71 Å². The van der Waals surface area contributed by atoms with Crippen molar-refractivity contribution >= 4 is 18.3 Å². The maximum Gasteiger partial charge on any atom is 0.188 e. The molecular weight excluding hydrogens is 133 g/mol. The van der Waals surface area contributed by atoms with Crippen molar-refractivity contribution in [3.63, 3.8) is 0 Å². The van der Waals surface area contributed by atoms with E-state index in [0.29, 0.717) is 5.71 Å². The van der Waals surface area contributed by atoms with Gasteiger partial charge in [0.25, 0.3) is 0 Å². The van der Waals surface area contributed by atoms with Crippen LogP contribution in [0.5, 0.6) is 0 Å². The molecule has 0 saturated carbocycles. The van der Waals surface area contributed by atoms with Crippen LogP contribution in [-0.2, 0) is 0 Å². The van der Waals surface area contributed by atoms with Crippen molar-refractivity contribution < 1.29 is 4.39 Å². The zero-order valence-corrected chi connectivity index (χ0v) is 6.00. The number of hydrogen-bond acceptors (Lipinski definition) is 2. The molecular formula is C6H10FN3. The molecule has 0 aliphatic rings. The fraction of sp³-hybridized carbons (Fsp3) is 0.500. The van der Waals surface area contributed by atoms with Gasteiger partial charge < -0.3 is 5.41 Å². The Bertz CT molecular complexity index is 160. The number of alkyl halides is 1.